The molecule has 0 spiro atoms. The van der Waals surface area contributed by atoms with Gasteiger partial charge in [-0.25, -0.2) is 4.98 Å². The van der Waals surface area contributed by atoms with E-state index in [0.29, 0.717) is 17.5 Å². The second-order valence-electron chi connectivity index (χ2n) is 3.02. The highest BCUT2D eigenvalue weighted by Crippen LogP contribution is 2.22. The van der Waals surface area contributed by atoms with Crippen molar-refractivity contribution in [3.05, 3.63) is 17.8 Å². The second-order valence-corrected chi connectivity index (χ2v) is 3.02. The maximum Gasteiger partial charge on any atom is 0.236 e. The van der Waals surface area contributed by atoms with Crippen molar-refractivity contribution in [2.75, 3.05) is 12.8 Å². The topological polar surface area (TPSA) is 48.1 Å². The van der Waals surface area contributed by atoms with Gasteiger partial charge < -0.3 is 10.5 Å². The minimum absolute atomic E-state index is 0.450. The number of pyridine rings is 1. The maximum absolute atomic E-state index is 5.68. The first-order valence-electron chi connectivity index (χ1n) is 3.94. The minimum Gasteiger partial charge on any atom is -0.480 e. The fourth-order valence-corrected chi connectivity index (χ4v) is 0.973. The first kappa shape index (κ1) is 8.84. The number of anilines is 1. The summed E-state index contributed by atoms with van der Waals surface area (Å²) in [5.41, 5.74) is 7.42. The Morgan fingerprint density at radius 3 is 2.58 bits per heavy atom. The predicted octanol–water partition coefficient (Wildman–Crippen LogP) is 1.80. The molecule has 0 aliphatic heterocycles. The molecule has 12 heavy (non-hydrogen) atoms. The van der Waals surface area contributed by atoms with E-state index in [1.54, 1.807) is 13.3 Å². The number of ether oxygens (including phenoxy) is 1. The van der Waals surface area contributed by atoms with Crippen molar-refractivity contribution in [3.63, 3.8) is 0 Å². The van der Waals surface area contributed by atoms with Gasteiger partial charge in [0.25, 0.3) is 0 Å². The number of nitrogen functional groups attached to an aromatic ring is 1. The summed E-state index contributed by atoms with van der Waals surface area (Å²) in [7, 11) is 1.56. The molecular formula is C9H14N2O. The van der Waals surface area contributed by atoms with Crippen LogP contribution in [0.25, 0.3) is 0 Å². The van der Waals surface area contributed by atoms with E-state index in [-0.39, 0.29) is 0 Å². The lowest BCUT2D eigenvalue weighted by Crippen LogP contribution is -1.98. The van der Waals surface area contributed by atoms with Gasteiger partial charge in [-0.1, -0.05) is 13.8 Å². The standard InChI is InChI=1S/C9H14N2O/c1-6(2)7-4-8(10)9(12-3)11-5-7/h4-6H,10H2,1-3H3. The van der Waals surface area contributed by atoms with Crippen LogP contribution in [0.4, 0.5) is 5.69 Å². The molecule has 3 heteroatoms. The maximum atomic E-state index is 5.68. The third kappa shape index (κ3) is 1.67. The van der Waals surface area contributed by atoms with Crippen LogP contribution in [-0.4, -0.2) is 12.1 Å². The van der Waals surface area contributed by atoms with Gasteiger partial charge in [0, 0.05) is 6.20 Å². The van der Waals surface area contributed by atoms with Crippen LogP contribution in [0.15, 0.2) is 12.3 Å². The molecule has 1 rings (SSSR count). The summed E-state index contributed by atoms with van der Waals surface area (Å²) < 4.78 is 4.94. The van der Waals surface area contributed by atoms with E-state index in [1.807, 2.05) is 6.07 Å². The zero-order chi connectivity index (χ0) is 9.14. The Balaban J connectivity index is 3.02. The zero-order valence-electron chi connectivity index (χ0n) is 7.66. The average Bonchev–Trinajstić information content (AvgIpc) is 2.04. The Labute approximate surface area is 72.6 Å². The molecular weight excluding hydrogens is 152 g/mol. The molecule has 0 bridgehead atoms. The van der Waals surface area contributed by atoms with Gasteiger partial charge in [-0.05, 0) is 17.5 Å². The highest BCUT2D eigenvalue weighted by Gasteiger charge is 2.04. The van der Waals surface area contributed by atoms with Crippen LogP contribution >= 0.6 is 0 Å². The molecule has 1 heterocycles. The summed E-state index contributed by atoms with van der Waals surface area (Å²) in [6.07, 6.45) is 1.79. The van der Waals surface area contributed by atoms with Crippen molar-refractivity contribution in [1.82, 2.24) is 4.98 Å². The van der Waals surface area contributed by atoms with Crippen LogP contribution in [0.2, 0.25) is 0 Å². The highest BCUT2D eigenvalue weighted by molar-refractivity contribution is 5.49. The van der Waals surface area contributed by atoms with E-state index in [2.05, 4.69) is 18.8 Å². The van der Waals surface area contributed by atoms with E-state index in [0.717, 1.165) is 5.56 Å². The lowest BCUT2D eigenvalue weighted by molar-refractivity contribution is 0.400. The molecule has 0 aromatic carbocycles. The number of aromatic nitrogens is 1. The van der Waals surface area contributed by atoms with Gasteiger partial charge in [0.2, 0.25) is 5.88 Å². The van der Waals surface area contributed by atoms with E-state index >= 15 is 0 Å². The summed E-state index contributed by atoms with van der Waals surface area (Å²) in [6.45, 7) is 4.20. The Morgan fingerprint density at radius 1 is 1.50 bits per heavy atom. The monoisotopic (exact) mass is 166 g/mol. The molecule has 0 saturated carbocycles. The third-order valence-corrected chi connectivity index (χ3v) is 1.76. The molecule has 0 radical (unpaired) electrons. The lowest BCUT2D eigenvalue weighted by atomic mass is 10.1. The molecule has 3 nitrogen and oxygen atoms in total. The quantitative estimate of drug-likeness (QED) is 0.728. The first-order chi connectivity index (χ1) is 5.65. The number of hydrogen-bond acceptors (Lipinski definition) is 3. The molecule has 0 aliphatic rings. The predicted molar refractivity (Wildman–Crippen MR) is 49.3 cm³/mol. The van der Waals surface area contributed by atoms with Crippen LogP contribution in [0.3, 0.4) is 0 Å². The SMILES string of the molecule is COc1ncc(C(C)C)cc1N. The van der Waals surface area contributed by atoms with Gasteiger partial charge >= 0.3 is 0 Å². The Hall–Kier alpha value is -1.25. The molecule has 0 fully saturated rings. The van der Waals surface area contributed by atoms with E-state index in [4.69, 9.17) is 10.5 Å². The van der Waals surface area contributed by atoms with Gasteiger partial charge in [-0.15, -0.1) is 0 Å². The smallest absolute Gasteiger partial charge is 0.236 e. The number of nitrogens with two attached hydrogens (primary N) is 1. The summed E-state index contributed by atoms with van der Waals surface area (Å²) in [5.74, 6) is 0.949. The average molecular weight is 166 g/mol. The van der Waals surface area contributed by atoms with Crippen LogP contribution < -0.4 is 10.5 Å². The number of hydrogen-bond donors (Lipinski definition) is 1. The van der Waals surface area contributed by atoms with Crippen molar-refractivity contribution in [2.24, 2.45) is 0 Å². The van der Waals surface area contributed by atoms with Crippen molar-refractivity contribution >= 4 is 5.69 Å². The van der Waals surface area contributed by atoms with Gasteiger partial charge in [-0.3, -0.25) is 0 Å². The van der Waals surface area contributed by atoms with E-state index < -0.39 is 0 Å². The van der Waals surface area contributed by atoms with Crippen molar-refractivity contribution in [3.8, 4) is 5.88 Å². The Kier molecular flexibility index (Phi) is 2.53. The number of rotatable bonds is 2. The van der Waals surface area contributed by atoms with Crippen LogP contribution in [0, 0.1) is 0 Å². The van der Waals surface area contributed by atoms with Crippen LogP contribution in [-0.2, 0) is 0 Å². The summed E-state index contributed by atoms with van der Waals surface area (Å²) >= 11 is 0. The second kappa shape index (κ2) is 3.43. The summed E-state index contributed by atoms with van der Waals surface area (Å²) in [5, 5.41) is 0. The fraction of sp³-hybridized carbons (Fsp3) is 0.444. The van der Waals surface area contributed by atoms with E-state index in [1.165, 1.54) is 0 Å². The Morgan fingerprint density at radius 2 is 2.17 bits per heavy atom. The Bertz CT molecular complexity index is 271. The van der Waals surface area contributed by atoms with E-state index in [9.17, 15) is 0 Å². The summed E-state index contributed by atoms with van der Waals surface area (Å²) in [6, 6.07) is 1.90. The molecule has 0 saturated heterocycles. The third-order valence-electron chi connectivity index (χ3n) is 1.76. The minimum atomic E-state index is 0.450. The molecule has 0 amide bonds. The van der Waals surface area contributed by atoms with Gasteiger partial charge in [0.1, 0.15) is 0 Å². The zero-order valence-corrected chi connectivity index (χ0v) is 7.66. The lowest BCUT2D eigenvalue weighted by Gasteiger charge is -2.07. The van der Waals surface area contributed by atoms with Crippen LogP contribution in [0.5, 0.6) is 5.88 Å². The number of methoxy groups -OCH3 is 1. The van der Waals surface area contributed by atoms with Gasteiger partial charge in [-0.2, -0.15) is 0 Å². The molecule has 1 aromatic rings. The number of nitrogens with zero attached hydrogens (tertiary/aromatic N) is 1. The van der Waals surface area contributed by atoms with Gasteiger partial charge in [0.15, 0.2) is 0 Å². The van der Waals surface area contributed by atoms with Crippen molar-refractivity contribution in [1.29, 1.82) is 0 Å². The van der Waals surface area contributed by atoms with Gasteiger partial charge in [0.05, 0.1) is 12.8 Å². The molecule has 0 aliphatic carbocycles. The summed E-state index contributed by atoms with van der Waals surface area (Å²) in [4.78, 5) is 4.07. The molecule has 2 N–H and O–H groups in total. The molecule has 1 aromatic heterocycles. The highest BCUT2D eigenvalue weighted by atomic mass is 16.5. The molecule has 0 unspecified atom stereocenters. The largest absolute Gasteiger partial charge is 0.480 e. The van der Waals surface area contributed by atoms with Crippen molar-refractivity contribution < 1.29 is 4.74 Å². The molecule has 66 valence electrons. The van der Waals surface area contributed by atoms with Crippen molar-refractivity contribution in [2.45, 2.75) is 19.8 Å². The normalized spacial score (nSPS) is 10.3. The molecule has 0 atom stereocenters. The van der Waals surface area contributed by atoms with Crippen LogP contribution in [0.1, 0.15) is 25.3 Å². The first-order valence-corrected chi connectivity index (χ1v) is 3.94. The fourth-order valence-electron chi connectivity index (χ4n) is 0.973.